The normalized spacial score (nSPS) is 18.6. The predicted octanol–water partition coefficient (Wildman–Crippen LogP) is 1.30. The van der Waals surface area contributed by atoms with Crippen molar-refractivity contribution in [3.8, 4) is 0 Å². The standard InChI is InChI=1S/C15H25N3O2S/c1-13(18-8-3-2-4-9-18)12-17-21(19,20)15-7-5-6-14(10-15)11-16/h5-7,10,13,17H,2-4,8-9,11-12,16H2,1H3. The number of hydrogen-bond donors (Lipinski definition) is 2. The summed E-state index contributed by atoms with van der Waals surface area (Å²) < 4.78 is 27.3. The van der Waals surface area contributed by atoms with Gasteiger partial charge in [-0.25, -0.2) is 13.1 Å². The summed E-state index contributed by atoms with van der Waals surface area (Å²) >= 11 is 0. The first-order valence-electron chi connectivity index (χ1n) is 7.55. The van der Waals surface area contributed by atoms with Crippen LogP contribution in [0.3, 0.4) is 0 Å². The van der Waals surface area contributed by atoms with Gasteiger partial charge < -0.3 is 5.73 Å². The zero-order valence-corrected chi connectivity index (χ0v) is 13.4. The highest BCUT2D eigenvalue weighted by Crippen LogP contribution is 2.14. The summed E-state index contributed by atoms with van der Waals surface area (Å²) in [7, 11) is -3.46. The minimum atomic E-state index is -3.46. The first-order valence-corrected chi connectivity index (χ1v) is 9.04. The molecule has 1 aromatic carbocycles. The molecular formula is C15H25N3O2S. The molecule has 6 heteroatoms. The van der Waals surface area contributed by atoms with Crippen LogP contribution < -0.4 is 10.5 Å². The Kier molecular flexibility index (Phi) is 5.75. The third-order valence-electron chi connectivity index (χ3n) is 4.03. The van der Waals surface area contributed by atoms with Crippen LogP contribution in [0.1, 0.15) is 31.7 Å². The number of nitrogens with zero attached hydrogens (tertiary/aromatic N) is 1. The van der Waals surface area contributed by atoms with Crippen LogP contribution in [0.25, 0.3) is 0 Å². The molecule has 1 unspecified atom stereocenters. The summed E-state index contributed by atoms with van der Waals surface area (Å²) in [6, 6.07) is 7.01. The SMILES string of the molecule is CC(CNS(=O)(=O)c1cccc(CN)c1)N1CCCCC1. The second kappa shape index (κ2) is 7.35. The van der Waals surface area contributed by atoms with Gasteiger partial charge in [0.15, 0.2) is 0 Å². The molecule has 1 aromatic rings. The lowest BCUT2D eigenvalue weighted by atomic mass is 10.1. The van der Waals surface area contributed by atoms with Crippen molar-refractivity contribution in [2.45, 2.75) is 43.7 Å². The second-order valence-corrected chi connectivity index (χ2v) is 7.42. The quantitative estimate of drug-likeness (QED) is 0.830. The first-order chi connectivity index (χ1) is 10.0. The number of benzene rings is 1. The largest absolute Gasteiger partial charge is 0.326 e. The van der Waals surface area contributed by atoms with E-state index in [0.717, 1.165) is 18.7 Å². The van der Waals surface area contributed by atoms with Gasteiger partial charge in [-0.1, -0.05) is 18.6 Å². The lowest BCUT2D eigenvalue weighted by Crippen LogP contribution is -2.44. The minimum absolute atomic E-state index is 0.220. The maximum absolute atomic E-state index is 12.3. The summed E-state index contributed by atoms with van der Waals surface area (Å²) in [5.41, 5.74) is 6.38. The molecule has 0 aliphatic carbocycles. The molecule has 118 valence electrons. The lowest BCUT2D eigenvalue weighted by Gasteiger charge is -2.32. The molecule has 5 nitrogen and oxygen atoms in total. The van der Waals surface area contributed by atoms with Crippen molar-refractivity contribution in [1.82, 2.24) is 9.62 Å². The van der Waals surface area contributed by atoms with E-state index < -0.39 is 10.0 Å². The molecule has 0 aromatic heterocycles. The Hall–Kier alpha value is -0.950. The van der Waals surface area contributed by atoms with Gasteiger partial charge in [-0.15, -0.1) is 0 Å². The Bertz CT molecular complexity index is 554. The van der Waals surface area contributed by atoms with Gasteiger partial charge in [0.1, 0.15) is 0 Å². The lowest BCUT2D eigenvalue weighted by molar-refractivity contribution is 0.175. The van der Waals surface area contributed by atoms with Gasteiger partial charge in [-0.3, -0.25) is 4.90 Å². The number of rotatable bonds is 6. The fourth-order valence-corrected chi connectivity index (χ4v) is 3.83. The number of nitrogens with one attached hydrogen (secondary N) is 1. The third kappa shape index (κ3) is 4.51. The summed E-state index contributed by atoms with van der Waals surface area (Å²) in [5.74, 6) is 0. The Morgan fingerprint density at radius 3 is 2.67 bits per heavy atom. The van der Waals surface area contributed by atoms with Crippen molar-refractivity contribution in [2.24, 2.45) is 5.73 Å². The van der Waals surface area contributed by atoms with Gasteiger partial charge in [0.05, 0.1) is 4.90 Å². The van der Waals surface area contributed by atoms with Gasteiger partial charge in [-0.05, 0) is 50.6 Å². The van der Waals surface area contributed by atoms with E-state index in [1.54, 1.807) is 18.2 Å². The molecule has 3 N–H and O–H groups in total. The molecule has 1 heterocycles. The summed E-state index contributed by atoms with van der Waals surface area (Å²) in [6.45, 7) is 4.98. The monoisotopic (exact) mass is 311 g/mol. The van der Waals surface area contributed by atoms with Crippen molar-refractivity contribution in [3.05, 3.63) is 29.8 Å². The van der Waals surface area contributed by atoms with E-state index >= 15 is 0 Å². The number of hydrogen-bond acceptors (Lipinski definition) is 4. The summed E-state index contributed by atoms with van der Waals surface area (Å²) in [4.78, 5) is 2.64. The van der Waals surface area contributed by atoms with E-state index in [0.29, 0.717) is 13.1 Å². The fourth-order valence-electron chi connectivity index (χ4n) is 2.64. The van der Waals surface area contributed by atoms with Crippen LogP contribution in [-0.4, -0.2) is 39.0 Å². The second-order valence-electron chi connectivity index (χ2n) is 5.65. The van der Waals surface area contributed by atoms with Gasteiger partial charge in [0.25, 0.3) is 0 Å². The molecule has 0 bridgehead atoms. The zero-order chi connectivity index (χ0) is 15.3. The van der Waals surface area contributed by atoms with E-state index in [1.807, 2.05) is 6.07 Å². The number of nitrogens with two attached hydrogens (primary N) is 1. The third-order valence-corrected chi connectivity index (χ3v) is 5.45. The Labute approximate surface area is 127 Å². The van der Waals surface area contributed by atoms with Crippen molar-refractivity contribution < 1.29 is 8.42 Å². The Morgan fingerprint density at radius 1 is 1.29 bits per heavy atom. The molecule has 1 atom stereocenters. The molecule has 21 heavy (non-hydrogen) atoms. The van der Waals surface area contributed by atoms with Crippen LogP contribution in [0.5, 0.6) is 0 Å². The van der Waals surface area contributed by atoms with Crippen molar-refractivity contribution >= 4 is 10.0 Å². The molecule has 0 radical (unpaired) electrons. The number of likely N-dealkylation sites (tertiary alicyclic amines) is 1. The predicted molar refractivity (Wildman–Crippen MR) is 84.4 cm³/mol. The maximum atomic E-state index is 12.3. The van der Waals surface area contributed by atoms with Crippen LogP contribution in [0, 0.1) is 0 Å². The van der Waals surface area contributed by atoms with E-state index in [9.17, 15) is 8.42 Å². The zero-order valence-electron chi connectivity index (χ0n) is 12.6. The minimum Gasteiger partial charge on any atom is -0.326 e. The Balaban J connectivity index is 1.96. The highest BCUT2D eigenvalue weighted by molar-refractivity contribution is 7.89. The molecule has 1 saturated heterocycles. The molecule has 1 fully saturated rings. The van der Waals surface area contributed by atoms with E-state index in [-0.39, 0.29) is 10.9 Å². The average molecular weight is 311 g/mol. The van der Waals surface area contributed by atoms with E-state index in [2.05, 4.69) is 16.5 Å². The van der Waals surface area contributed by atoms with Gasteiger partial charge >= 0.3 is 0 Å². The molecule has 1 aliphatic heterocycles. The highest BCUT2D eigenvalue weighted by Gasteiger charge is 2.20. The highest BCUT2D eigenvalue weighted by atomic mass is 32.2. The number of sulfonamides is 1. The van der Waals surface area contributed by atoms with Crippen LogP contribution in [0.4, 0.5) is 0 Å². The molecular weight excluding hydrogens is 286 g/mol. The molecule has 2 rings (SSSR count). The van der Waals surface area contributed by atoms with Crippen LogP contribution in [0.15, 0.2) is 29.2 Å². The van der Waals surface area contributed by atoms with Crippen LogP contribution in [-0.2, 0) is 16.6 Å². The number of piperidine rings is 1. The van der Waals surface area contributed by atoms with E-state index in [1.165, 1.54) is 19.3 Å². The van der Waals surface area contributed by atoms with Crippen molar-refractivity contribution in [3.63, 3.8) is 0 Å². The molecule has 0 amide bonds. The van der Waals surface area contributed by atoms with E-state index in [4.69, 9.17) is 5.73 Å². The van der Waals surface area contributed by atoms with Gasteiger partial charge in [0, 0.05) is 19.1 Å². The van der Waals surface area contributed by atoms with Crippen molar-refractivity contribution in [1.29, 1.82) is 0 Å². The average Bonchev–Trinajstić information content (AvgIpc) is 2.53. The van der Waals surface area contributed by atoms with Gasteiger partial charge in [-0.2, -0.15) is 0 Å². The molecule has 1 aliphatic rings. The topological polar surface area (TPSA) is 75.4 Å². The van der Waals surface area contributed by atoms with Gasteiger partial charge in [0.2, 0.25) is 10.0 Å². The molecule has 0 spiro atoms. The first kappa shape index (κ1) is 16.4. The molecule has 0 saturated carbocycles. The summed E-state index contributed by atoms with van der Waals surface area (Å²) in [5, 5.41) is 0. The Morgan fingerprint density at radius 2 is 2.00 bits per heavy atom. The van der Waals surface area contributed by atoms with Crippen molar-refractivity contribution in [2.75, 3.05) is 19.6 Å². The maximum Gasteiger partial charge on any atom is 0.240 e. The summed E-state index contributed by atoms with van der Waals surface area (Å²) in [6.07, 6.45) is 3.69. The van der Waals surface area contributed by atoms with Crippen LogP contribution in [0.2, 0.25) is 0 Å². The smallest absolute Gasteiger partial charge is 0.240 e. The fraction of sp³-hybridized carbons (Fsp3) is 0.600. The van der Waals surface area contributed by atoms with Crippen LogP contribution >= 0.6 is 0 Å².